The molecular weight excluding hydrogens is 336 g/mol. The number of thiazole rings is 1. The molecule has 1 aliphatic carbocycles. The number of carbonyl (C=O) groups excluding carboxylic acids is 2. The second kappa shape index (κ2) is 6.52. The molecule has 0 unspecified atom stereocenters. The van der Waals surface area contributed by atoms with Crippen molar-refractivity contribution in [3.63, 3.8) is 0 Å². The van der Waals surface area contributed by atoms with Crippen LogP contribution in [0.3, 0.4) is 0 Å². The summed E-state index contributed by atoms with van der Waals surface area (Å²) in [4.78, 5) is 30.4. The molecule has 0 saturated heterocycles. The van der Waals surface area contributed by atoms with Gasteiger partial charge in [-0.05, 0) is 37.0 Å². The number of aromatic nitrogens is 2. The molecule has 0 bridgehead atoms. The minimum absolute atomic E-state index is 0.353. The fourth-order valence-corrected chi connectivity index (χ4v) is 3.86. The Kier molecular flexibility index (Phi) is 4.07. The van der Waals surface area contributed by atoms with Gasteiger partial charge >= 0.3 is 0 Å². The first-order chi connectivity index (χ1) is 12.2. The van der Waals surface area contributed by atoms with E-state index in [2.05, 4.69) is 15.8 Å². The SMILES string of the molecule is O=C(/C=C/c1c(C2CC2)sc2cncn12)NNC(=O)c1ccccc1. The van der Waals surface area contributed by atoms with Crippen LogP contribution in [-0.4, -0.2) is 21.2 Å². The smallest absolute Gasteiger partial charge is 0.269 e. The van der Waals surface area contributed by atoms with Crippen molar-refractivity contribution >= 4 is 34.1 Å². The maximum Gasteiger partial charge on any atom is 0.269 e. The van der Waals surface area contributed by atoms with Crippen LogP contribution in [0.25, 0.3) is 10.9 Å². The topological polar surface area (TPSA) is 75.5 Å². The fourth-order valence-electron chi connectivity index (χ4n) is 2.60. The minimum Gasteiger partial charge on any atom is -0.290 e. The molecule has 2 N–H and O–H groups in total. The first-order valence-corrected chi connectivity index (χ1v) is 8.82. The van der Waals surface area contributed by atoms with Crippen molar-refractivity contribution in [3.8, 4) is 0 Å². The van der Waals surface area contributed by atoms with Crippen molar-refractivity contribution in [1.29, 1.82) is 0 Å². The molecule has 2 amide bonds. The van der Waals surface area contributed by atoms with Crippen molar-refractivity contribution in [2.24, 2.45) is 0 Å². The van der Waals surface area contributed by atoms with E-state index in [0.717, 1.165) is 10.5 Å². The second-order valence-electron chi connectivity index (χ2n) is 5.87. The molecule has 7 heteroatoms. The summed E-state index contributed by atoms with van der Waals surface area (Å²) in [5.74, 6) is -0.149. The molecule has 1 saturated carbocycles. The van der Waals surface area contributed by atoms with Gasteiger partial charge in [0, 0.05) is 16.5 Å². The van der Waals surface area contributed by atoms with Gasteiger partial charge in [-0.15, -0.1) is 11.3 Å². The number of hydrazine groups is 1. The van der Waals surface area contributed by atoms with E-state index >= 15 is 0 Å². The molecular formula is C18H16N4O2S. The van der Waals surface area contributed by atoms with Crippen LogP contribution in [-0.2, 0) is 4.79 Å². The third-order valence-electron chi connectivity index (χ3n) is 4.01. The molecule has 0 aliphatic heterocycles. The van der Waals surface area contributed by atoms with Crippen molar-refractivity contribution in [2.75, 3.05) is 0 Å². The molecule has 2 heterocycles. The Balaban J connectivity index is 1.43. The van der Waals surface area contributed by atoms with Crippen LogP contribution in [0.4, 0.5) is 0 Å². The predicted molar refractivity (Wildman–Crippen MR) is 96.1 cm³/mol. The largest absolute Gasteiger partial charge is 0.290 e. The predicted octanol–water partition coefficient (Wildman–Crippen LogP) is 2.75. The second-order valence-corrected chi connectivity index (χ2v) is 6.93. The van der Waals surface area contributed by atoms with Crippen LogP contribution in [0.15, 0.2) is 48.9 Å². The van der Waals surface area contributed by atoms with E-state index in [1.807, 2.05) is 16.7 Å². The molecule has 1 aliphatic rings. The van der Waals surface area contributed by atoms with Gasteiger partial charge in [-0.3, -0.25) is 24.8 Å². The third kappa shape index (κ3) is 3.32. The third-order valence-corrected chi connectivity index (χ3v) is 5.28. The number of nitrogens with zero attached hydrogens (tertiary/aromatic N) is 2. The maximum atomic E-state index is 12.0. The number of imidazole rings is 1. The number of amides is 2. The zero-order valence-corrected chi connectivity index (χ0v) is 14.1. The van der Waals surface area contributed by atoms with Crippen LogP contribution in [0.2, 0.25) is 0 Å². The number of nitrogens with one attached hydrogen (secondary N) is 2. The Hall–Kier alpha value is -2.93. The Labute approximate surface area is 148 Å². The van der Waals surface area contributed by atoms with Gasteiger partial charge in [0.2, 0.25) is 0 Å². The summed E-state index contributed by atoms with van der Waals surface area (Å²) in [7, 11) is 0. The van der Waals surface area contributed by atoms with Crippen molar-refractivity contribution in [3.05, 3.63) is 65.1 Å². The molecule has 25 heavy (non-hydrogen) atoms. The van der Waals surface area contributed by atoms with Gasteiger partial charge in [-0.25, -0.2) is 4.98 Å². The summed E-state index contributed by atoms with van der Waals surface area (Å²) in [5.41, 5.74) is 6.28. The lowest BCUT2D eigenvalue weighted by molar-refractivity contribution is -0.117. The van der Waals surface area contributed by atoms with Gasteiger partial charge in [0.25, 0.3) is 11.8 Å². The van der Waals surface area contributed by atoms with Crippen LogP contribution < -0.4 is 10.9 Å². The van der Waals surface area contributed by atoms with Crippen LogP contribution in [0.5, 0.6) is 0 Å². The first kappa shape index (κ1) is 15.6. The van der Waals surface area contributed by atoms with Crippen LogP contribution >= 0.6 is 11.3 Å². The Morgan fingerprint density at radius 3 is 2.76 bits per heavy atom. The lowest BCUT2D eigenvalue weighted by Gasteiger charge is -2.05. The number of rotatable bonds is 4. The van der Waals surface area contributed by atoms with Gasteiger partial charge in [0.1, 0.15) is 11.2 Å². The van der Waals surface area contributed by atoms with Gasteiger partial charge in [0.15, 0.2) is 0 Å². The summed E-state index contributed by atoms with van der Waals surface area (Å²) >= 11 is 1.72. The van der Waals surface area contributed by atoms with Gasteiger partial charge in [0.05, 0.1) is 11.9 Å². The molecule has 126 valence electrons. The normalized spacial score (nSPS) is 14.1. The fraction of sp³-hybridized carbons (Fsp3) is 0.167. The summed E-state index contributed by atoms with van der Waals surface area (Å²) in [5, 5.41) is 0. The zero-order valence-electron chi connectivity index (χ0n) is 13.3. The number of benzene rings is 1. The minimum atomic E-state index is -0.384. The highest BCUT2D eigenvalue weighted by Crippen LogP contribution is 2.45. The summed E-state index contributed by atoms with van der Waals surface area (Å²) < 4.78 is 1.99. The molecule has 1 fully saturated rings. The highest BCUT2D eigenvalue weighted by atomic mass is 32.1. The van der Waals surface area contributed by atoms with Gasteiger partial charge < -0.3 is 0 Å². The number of hydrogen-bond acceptors (Lipinski definition) is 4. The van der Waals surface area contributed by atoms with Crippen LogP contribution in [0, 0.1) is 0 Å². The summed E-state index contributed by atoms with van der Waals surface area (Å²) in [6.07, 6.45) is 9.18. The highest BCUT2D eigenvalue weighted by molar-refractivity contribution is 7.17. The van der Waals surface area contributed by atoms with E-state index in [1.54, 1.807) is 48.0 Å². The van der Waals surface area contributed by atoms with Gasteiger partial charge in [-0.2, -0.15) is 0 Å². The molecule has 0 radical (unpaired) electrons. The molecule has 0 atom stereocenters. The quantitative estimate of drug-likeness (QED) is 0.560. The zero-order chi connectivity index (χ0) is 17.2. The van der Waals surface area contributed by atoms with E-state index in [9.17, 15) is 9.59 Å². The van der Waals surface area contributed by atoms with Crippen LogP contribution in [0.1, 0.15) is 39.7 Å². The van der Waals surface area contributed by atoms with Crippen molar-refractivity contribution < 1.29 is 9.59 Å². The highest BCUT2D eigenvalue weighted by Gasteiger charge is 2.28. The number of fused-ring (bicyclic) bond motifs is 1. The number of hydrogen-bond donors (Lipinski definition) is 2. The maximum absolute atomic E-state index is 12.0. The van der Waals surface area contributed by atoms with Crippen molar-refractivity contribution in [1.82, 2.24) is 20.2 Å². The van der Waals surface area contributed by atoms with E-state index in [1.165, 1.54) is 23.8 Å². The van der Waals surface area contributed by atoms with E-state index in [4.69, 9.17) is 0 Å². The summed E-state index contributed by atoms with van der Waals surface area (Å²) in [6.45, 7) is 0. The summed E-state index contributed by atoms with van der Waals surface area (Å²) in [6, 6.07) is 8.72. The molecule has 4 rings (SSSR count). The number of carbonyl (C=O) groups is 2. The molecule has 6 nitrogen and oxygen atoms in total. The monoisotopic (exact) mass is 352 g/mol. The molecule has 2 aromatic heterocycles. The first-order valence-electron chi connectivity index (χ1n) is 8.00. The van der Waals surface area contributed by atoms with E-state index in [0.29, 0.717) is 11.5 Å². The van der Waals surface area contributed by atoms with E-state index in [-0.39, 0.29) is 11.8 Å². The van der Waals surface area contributed by atoms with Crippen molar-refractivity contribution in [2.45, 2.75) is 18.8 Å². The van der Waals surface area contributed by atoms with Gasteiger partial charge in [-0.1, -0.05) is 18.2 Å². The average molecular weight is 352 g/mol. The molecule has 0 spiro atoms. The Morgan fingerprint density at radius 1 is 1.20 bits per heavy atom. The lowest BCUT2D eigenvalue weighted by Crippen LogP contribution is -2.40. The average Bonchev–Trinajstić information content (AvgIpc) is 3.28. The molecule has 1 aromatic carbocycles. The van der Waals surface area contributed by atoms with E-state index < -0.39 is 0 Å². The Bertz CT molecular complexity index is 954. The Morgan fingerprint density at radius 2 is 2.00 bits per heavy atom. The lowest BCUT2D eigenvalue weighted by atomic mass is 10.2. The standard InChI is InChI=1S/C18H16N4O2S/c23-15(20-21-18(24)13-4-2-1-3-5-13)9-8-14-17(12-6-7-12)25-16-10-19-11-22(14)16/h1-5,8-12H,6-7H2,(H,20,23)(H,21,24)/b9-8+. The molecule has 3 aromatic rings.